The maximum absolute atomic E-state index is 12.3. The molecule has 2 aromatic heterocycles. The van der Waals surface area contributed by atoms with Crippen LogP contribution in [0.1, 0.15) is 108 Å². The van der Waals surface area contributed by atoms with Gasteiger partial charge in [0, 0.05) is 54.4 Å². The van der Waals surface area contributed by atoms with E-state index in [1.54, 1.807) is 30.5 Å². The minimum atomic E-state index is -0.554. The van der Waals surface area contributed by atoms with Crippen molar-refractivity contribution in [1.82, 2.24) is 39.3 Å². The Bertz CT molecular complexity index is 3160. The average Bonchev–Trinajstić information content (AvgIpc) is 3.26. The zero-order valence-corrected chi connectivity index (χ0v) is 53.5. The molecule has 3 heterocycles. The second kappa shape index (κ2) is 31.9. The highest BCUT2D eigenvalue weighted by molar-refractivity contribution is 6.31. The van der Waals surface area contributed by atoms with Gasteiger partial charge in [-0.15, -0.1) is 12.4 Å². The van der Waals surface area contributed by atoms with Crippen LogP contribution in [-0.4, -0.2) is 114 Å². The number of aromatic nitrogens is 4. The molecule has 0 atom stereocenters. The first kappa shape index (κ1) is 68.7. The quantitative estimate of drug-likeness (QED) is 0.0748. The lowest BCUT2D eigenvalue weighted by molar-refractivity contribution is -0.129. The van der Waals surface area contributed by atoms with Gasteiger partial charge in [0.15, 0.2) is 0 Å². The second-order valence-electron chi connectivity index (χ2n) is 23.3. The highest BCUT2D eigenvalue weighted by Gasteiger charge is 2.28. The summed E-state index contributed by atoms with van der Waals surface area (Å²) in [6, 6.07) is 48.6. The zero-order valence-electron chi connectivity index (χ0n) is 51.2. The van der Waals surface area contributed by atoms with Crippen molar-refractivity contribution < 1.29 is 42.9 Å². The summed E-state index contributed by atoms with van der Waals surface area (Å²) in [4.78, 5) is 53.1. The number of rotatable bonds is 18. The van der Waals surface area contributed by atoms with Gasteiger partial charge in [-0.25, -0.2) is 28.8 Å². The van der Waals surface area contributed by atoms with E-state index in [0.717, 1.165) is 27.8 Å². The number of hydrazone groups is 1. The fourth-order valence-corrected chi connectivity index (χ4v) is 8.41. The number of carbonyl (C=O) groups excluding carboxylic acids is 4. The summed E-state index contributed by atoms with van der Waals surface area (Å²) in [5.74, 6) is 1.16. The van der Waals surface area contributed by atoms with Crippen LogP contribution in [0.15, 0.2) is 157 Å². The first-order valence-electron chi connectivity index (χ1n) is 27.8. The Balaban J connectivity index is 0.000000237. The molecule has 0 spiro atoms. The summed E-state index contributed by atoms with van der Waals surface area (Å²) >= 11 is 12.5. The van der Waals surface area contributed by atoms with Gasteiger partial charge in [-0.2, -0.15) is 15.3 Å². The lowest BCUT2D eigenvalue weighted by Crippen LogP contribution is -2.37. The van der Waals surface area contributed by atoms with Crippen molar-refractivity contribution in [3.05, 3.63) is 201 Å². The van der Waals surface area contributed by atoms with Gasteiger partial charge in [0.05, 0.1) is 62.8 Å². The number of benzene rings is 5. The van der Waals surface area contributed by atoms with Crippen molar-refractivity contribution in [2.45, 2.75) is 131 Å². The predicted molar refractivity (Wildman–Crippen MR) is 338 cm³/mol. The lowest BCUT2D eigenvalue weighted by atomic mass is 10.2. The van der Waals surface area contributed by atoms with E-state index < -0.39 is 35.1 Å². The van der Waals surface area contributed by atoms with Crippen molar-refractivity contribution >= 4 is 65.5 Å². The highest BCUT2D eigenvalue weighted by atomic mass is 35.5. The predicted octanol–water partition coefficient (Wildman–Crippen LogP) is 14.1. The third-order valence-corrected chi connectivity index (χ3v) is 12.8. The van der Waals surface area contributed by atoms with E-state index in [0.29, 0.717) is 84.8 Å². The molecule has 86 heavy (non-hydrogen) atoms. The summed E-state index contributed by atoms with van der Waals surface area (Å²) in [7, 11) is 5.02. The fourth-order valence-electron chi connectivity index (χ4n) is 8.03. The highest BCUT2D eigenvalue weighted by Crippen LogP contribution is 2.25. The largest absolute Gasteiger partial charge is 0.473 e. The van der Waals surface area contributed by atoms with Gasteiger partial charge in [-0.05, 0) is 91.1 Å². The molecule has 21 heteroatoms. The number of nitrogens with zero attached hydrogens (tertiary/aromatic N) is 9. The molecule has 7 aromatic rings. The Morgan fingerprint density at radius 1 is 0.488 bits per heavy atom. The van der Waals surface area contributed by atoms with E-state index in [4.69, 9.17) is 46.9 Å². The molecule has 1 aliphatic heterocycles. The van der Waals surface area contributed by atoms with E-state index in [2.05, 4.69) is 15.3 Å². The van der Waals surface area contributed by atoms with Gasteiger partial charge in [-0.3, -0.25) is 4.79 Å². The molecule has 0 aliphatic carbocycles. The van der Waals surface area contributed by atoms with Gasteiger partial charge in [0.1, 0.15) is 30.0 Å². The van der Waals surface area contributed by atoms with E-state index in [-0.39, 0.29) is 31.3 Å². The molecule has 18 nitrogen and oxygen atoms in total. The first-order valence-corrected chi connectivity index (χ1v) is 28.6. The van der Waals surface area contributed by atoms with E-state index >= 15 is 0 Å². The number of carbonyl (C=O) groups is 4. The van der Waals surface area contributed by atoms with Crippen molar-refractivity contribution in [2.24, 2.45) is 5.10 Å². The minimum absolute atomic E-state index is 0. The van der Waals surface area contributed by atoms with Gasteiger partial charge in [0.25, 0.3) is 0 Å². The standard InChI is InChI=1S/2C24H28ClN3O3.C17H23N3O3.ClH/c2*1-24(2,3)31-23(29)27(4)16-20-14-22(30-17-19-12-8-9-13-21(19)25)28(26-20)15-18-10-6-5-7-11-18;1-17(2,3)23-16(22)19(4)12-14-10-15(21)20(18-14)11-13-8-6-5-7-9-13;/h2*5-14H,15-17H2,1-4H3;5-9H,10-12H2,1-4H3;1H. The maximum atomic E-state index is 12.3. The number of hydrogen-bond donors (Lipinski definition) is 0. The normalized spacial score (nSPS) is 12.0. The van der Waals surface area contributed by atoms with Crippen LogP contribution in [0.3, 0.4) is 0 Å². The summed E-state index contributed by atoms with van der Waals surface area (Å²) in [6.07, 6.45) is -0.985. The lowest BCUT2D eigenvalue weighted by Gasteiger charge is -2.24. The molecule has 5 aromatic carbocycles. The second-order valence-corrected chi connectivity index (χ2v) is 24.1. The summed E-state index contributed by atoms with van der Waals surface area (Å²) in [6.45, 7) is 19.6. The smallest absolute Gasteiger partial charge is 0.410 e. The Kier molecular flexibility index (Phi) is 25.5. The molecular formula is C65H80Cl3N9O9. The van der Waals surface area contributed by atoms with Gasteiger partial charge in [-0.1, -0.05) is 151 Å². The fraction of sp³-hybridized carbons (Fsp3) is 0.369. The van der Waals surface area contributed by atoms with Crippen molar-refractivity contribution in [3.8, 4) is 11.8 Å². The summed E-state index contributed by atoms with van der Waals surface area (Å²) in [5, 5.41) is 16.4. The minimum Gasteiger partial charge on any atom is -0.473 e. The number of hydrogen-bond acceptors (Lipinski definition) is 12. The van der Waals surface area contributed by atoms with E-state index in [1.807, 2.05) is 214 Å². The topological polar surface area (TPSA) is 175 Å². The molecule has 8 rings (SSSR count). The van der Waals surface area contributed by atoms with Gasteiger partial charge < -0.3 is 38.4 Å². The molecule has 1 aliphatic rings. The van der Waals surface area contributed by atoms with Crippen molar-refractivity contribution in [1.29, 1.82) is 0 Å². The third kappa shape index (κ3) is 23.4. The molecular weight excluding hydrogens is 1160 g/mol. The Morgan fingerprint density at radius 2 is 0.814 bits per heavy atom. The van der Waals surface area contributed by atoms with Crippen LogP contribution < -0.4 is 9.47 Å². The van der Waals surface area contributed by atoms with Crippen LogP contribution in [-0.2, 0) is 64.9 Å². The number of amides is 4. The molecule has 4 amide bonds. The SMILES string of the molecule is CN(CC1=NN(Cc2ccccc2)C(=O)C1)C(=O)OC(C)(C)C.CN(Cc1cc(OCc2ccccc2Cl)n(Cc2ccccc2)n1)C(=O)OC(C)(C)C.CN(Cc1cc(OCc2ccccc2Cl)n(Cc2ccccc2)n1)C(=O)OC(C)(C)C.Cl. The van der Waals surface area contributed by atoms with Crippen LogP contribution in [0.2, 0.25) is 10.0 Å². The molecule has 0 N–H and O–H groups in total. The monoisotopic (exact) mass is 1240 g/mol. The maximum Gasteiger partial charge on any atom is 0.410 e. The van der Waals surface area contributed by atoms with Crippen LogP contribution in [0, 0.1) is 0 Å². The molecule has 0 radical (unpaired) electrons. The molecule has 0 unspecified atom stereocenters. The summed E-state index contributed by atoms with van der Waals surface area (Å²) < 4.78 is 31.9. The molecule has 0 bridgehead atoms. The van der Waals surface area contributed by atoms with E-state index in [9.17, 15) is 19.2 Å². The van der Waals surface area contributed by atoms with Crippen LogP contribution in [0.5, 0.6) is 11.8 Å². The molecule has 460 valence electrons. The molecule has 0 saturated carbocycles. The summed E-state index contributed by atoms with van der Waals surface area (Å²) in [5.41, 5.74) is 5.43. The van der Waals surface area contributed by atoms with Crippen LogP contribution >= 0.6 is 35.6 Å². The molecule has 0 saturated heterocycles. The Hall–Kier alpha value is -8.06. The van der Waals surface area contributed by atoms with Crippen molar-refractivity contribution in [2.75, 3.05) is 27.7 Å². The Labute approximate surface area is 521 Å². The van der Waals surface area contributed by atoms with Crippen molar-refractivity contribution in [3.63, 3.8) is 0 Å². The third-order valence-electron chi connectivity index (χ3n) is 12.0. The molecule has 0 fully saturated rings. The average molecular weight is 1240 g/mol. The van der Waals surface area contributed by atoms with Gasteiger partial charge >= 0.3 is 18.3 Å². The van der Waals surface area contributed by atoms with E-state index in [1.165, 1.54) is 19.7 Å². The van der Waals surface area contributed by atoms with Crippen LogP contribution in [0.4, 0.5) is 14.4 Å². The number of ether oxygens (including phenoxy) is 5. The zero-order chi connectivity index (χ0) is 61.9. The van der Waals surface area contributed by atoms with Crippen LogP contribution in [0.25, 0.3) is 0 Å². The van der Waals surface area contributed by atoms with Gasteiger partial charge in [0.2, 0.25) is 17.7 Å². The Morgan fingerprint density at radius 3 is 1.16 bits per heavy atom. The first-order chi connectivity index (χ1) is 40.2. The number of halogens is 3.